The second-order valence-corrected chi connectivity index (χ2v) is 4.80. The van der Waals surface area contributed by atoms with E-state index in [0.717, 1.165) is 13.1 Å². The van der Waals surface area contributed by atoms with E-state index < -0.39 is 11.9 Å². The number of hydrazine groups is 2. The molecule has 24 heavy (non-hydrogen) atoms. The molecule has 0 fully saturated rings. The molecular weight excluding hydrogens is 312 g/mol. The van der Waals surface area contributed by atoms with E-state index in [1.807, 2.05) is 0 Å². The van der Waals surface area contributed by atoms with Crippen LogP contribution in [0.1, 0.15) is 60.2 Å². The molecule has 0 aromatic heterocycles. The van der Waals surface area contributed by atoms with Gasteiger partial charge in [-0.15, -0.1) is 0 Å². The van der Waals surface area contributed by atoms with Crippen LogP contribution in [-0.4, -0.2) is 35.2 Å². The second kappa shape index (κ2) is 17.4. The first-order valence-electron chi connectivity index (χ1n) is 7.88. The van der Waals surface area contributed by atoms with Gasteiger partial charge in [0.25, 0.3) is 0 Å². The summed E-state index contributed by atoms with van der Waals surface area (Å²) in [4.78, 5) is 20.7. The first-order chi connectivity index (χ1) is 11.4. The molecule has 0 saturated heterocycles. The van der Waals surface area contributed by atoms with E-state index in [2.05, 4.69) is 24.7 Å². The lowest BCUT2D eigenvalue weighted by atomic mass is 10.1. The quantitative estimate of drug-likeness (QED) is 0.237. The predicted molar refractivity (Wildman–Crippen MR) is 94.6 cm³/mol. The van der Waals surface area contributed by atoms with E-state index in [-0.39, 0.29) is 11.1 Å². The lowest BCUT2D eigenvalue weighted by Gasteiger charge is -1.94. The number of aromatic carboxylic acids is 2. The molecule has 0 heterocycles. The van der Waals surface area contributed by atoms with Crippen LogP contribution in [0, 0.1) is 0 Å². The molecule has 1 rings (SSSR count). The van der Waals surface area contributed by atoms with Gasteiger partial charge in [0.2, 0.25) is 0 Å². The second-order valence-electron chi connectivity index (χ2n) is 4.80. The van der Waals surface area contributed by atoms with E-state index in [0.29, 0.717) is 0 Å². The molecule has 0 saturated carbocycles. The highest BCUT2D eigenvalue weighted by Gasteiger charge is 2.04. The molecule has 0 spiro atoms. The maximum absolute atomic E-state index is 10.3. The summed E-state index contributed by atoms with van der Waals surface area (Å²) >= 11 is 0. The van der Waals surface area contributed by atoms with E-state index in [9.17, 15) is 9.59 Å². The molecule has 0 aliphatic heterocycles. The molecule has 1 aromatic carbocycles. The topological polar surface area (TPSA) is 151 Å². The molecule has 0 aliphatic rings. The van der Waals surface area contributed by atoms with E-state index >= 15 is 0 Å². The number of hydrogen-bond donors (Lipinski definition) is 6. The van der Waals surface area contributed by atoms with Crippen molar-refractivity contribution in [1.29, 1.82) is 0 Å². The minimum Gasteiger partial charge on any atom is -0.478 e. The molecule has 0 atom stereocenters. The van der Waals surface area contributed by atoms with Gasteiger partial charge in [-0.3, -0.25) is 22.5 Å². The summed E-state index contributed by atoms with van der Waals surface area (Å²) in [7, 11) is 0. The molecular formula is C16H30N4O4. The van der Waals surface area contributed by atoms with Gasteiger partial charge in [-0.05, 0) is 37.1 Å². The average molecular weight is 342 g/mol. The number of carboxylic acid groups (broad SMARTS) is 2. The van der Waals surface area contributed by atoms with Gasteiger partial charge in [-0.2, -0.15) is 0 Å². The van der Waals surface area contributed by atoms with Crippen molar-refractivity contribution in [3.63, 3.8) is 0 Å². The maximum atomic E-state index is 10.3. The van der Waals surface area contributed by atoms with Crippen molar-refractivity contribution >= 4 is 11.9 Å². The van der Waals surface area contributed by atoms with Gasteiger partial charge in [0.15, 0.2) is 0 Å². The minimum absolute atomic E-state index is 0.0833. The number of nitrogens with one attached hydrogen (secondary N) is 2. The summed E-state index contributed by atoms with van der Waals surface area (Å²) in [6.07, 6.45) is 4.78. The van der Waals surface area contributed by atoms with Crippen LogP contribution in [0.25, 0.3) is 0 Å². The third kappa shape index (κ3) is 14.9. The summed E-state index contributed by atoms with van der Waals surface area (Å²) in [6, 6.07) is 5.02. The molecule has 0 bridgehead atoms. The molecule has 0 unspecified atom stereocenters. The molecule has 8 nitrogen and oxygen atoms in total. The van der Waals surface area contributed by atoms with Crippen molar-refractivity contribution < 1.29 is 19.8 Å². The molecule has 0 amide bonds. The van der Waals surface area contributed by atoms with Crippen molar-refractivity contribution in [2.75, 3.05) is 13.1 Å². The Labute approximate surface area is 143 Å². The fourth-order valence-corrected chi connectivity index (χ4v) is 1.31. The van der Waals surface area contributed by atoms with E-state index in [1.165, 1.54) is 49.9 Å². The van der Waals surface area contributed by atoms with Crippen LogP contribution < -0.4 is 22.5 Å². The predicted octanol–water partition coefficient (Wildman–Crippen LogP) is 1.58. The summed E-state index contributed by atoms with van der Waals surface area (Å²) < 4.78 is 0. The Morgan fingerprint density at radius 3 is 1.25 bits per heavy atom. The van der Waals surface area contributed by atoms with Crippen molar-refractivity contribution in [3.8, 4) is 0 Å². The molecule has 1 aromatic rings. The van der Waals surface area contributed by atoms with Gasteiger partial charge in [-0.25, -0.2) is 9.59 Å². The minimum atomic E-state index is -1.06. The van der Waals surface area contributed by atoms with Gasteiger partial charge in [0, 0.05) is 13.1 Å². The monoisotopic (exact) mass is 342 g/mol. The van der Waals surface area contributed by atoms with Gasteiger partial charge in [-0.1, -0.05) is 26.7 Å². The van der Waals surface area contributed by atoms with Crippen LogP contribution in [0.15, 0.2) is 24.3 Å². The zero-order valence-corrected chi connectivity index (χ0v) is 14.4. The summed E-state index contributed by atoms with van der Waals surface area (Å²) in [5, 5.41) is 16.9. The van der Waals surface area contributed by atoms with Crippen LogP contribution in [0.4, 0.5) is 0 Å². The lowest BCUT2D eigenvalue weighted by Crippen LogP contribution is -2.22. The largest absolute Gasteiger partial charge is 0.478 e. The zero-order chi connectivity index (χ0) is 18.8. The fraction of sp³-hybridized carbons (Fsp3) is 0.500. The third-order valence-electron chi connectivity index (χ3n) is 2.73. The normalized spacial score (nSPS) is 9.17. The van der Waals surface area contributed by atoms with E-state index in [4.69, 9.17) is 21.9 Å². The number of unbranched alkanes of at least 4 members (excludes halogenated alkanes) is 2. The highest BCUT2D eigenvalue weighted by Crippen LogP contribution is 2.03. The molecule has 8 N–H and O–H groups in total. The Hall–Kier alpha value is -2.00. The highest BCUT2D eigenvalue weighted by molar-refractivity contribution is 5.91. The zero-order valence-electron chi connectivity index (χ0n) is 14.4. The number of carbonyl (C=O) groups is 2. The first-order valence-corrected chi connectivity index (χ1v) is 7.88. The molecule has 8 heteroatoms. The Morgan fingerprint density at radius 2 is 1.12 bits per heavy atom. The van der Waals surface area contributed by atoms with Gasteiger partial charge in [0.05, 0.1) is 11.1 Å². The fourth-order valence-electron chi connectivity index (χ4n) is 1.31. The lowest BCUT2D eigenvalue weighted by molar-refractivity contribution is 0.0681. The molecule has 0 aliphatic carbocycles. The third-order valence-corrected chi connectivity index (χ3v) is 2.73. The number of carboxylic acids is 2. The number of hydrogen-bond acceptors (Lipinski definition) is 6. The summed E-state index contributed by atoms with van der Waals surface area (Å²) in [6.45, 7) is 6.15. The summed E-state index contributed by atoms with van der Waals surface area (Å²) in [5.74, 6) is 7.80. The van der Waals surface area contributed by atoms with Crippen molar-refractivity contribution in [2.45, 2.75) is 39.5 Å². The first kappa shape index (κ1) is 24.3. The average Bonchev–Trinajstić information content (AvgIpc) is 2.59. The molecule has 138 valence electrons. The number of rotatable bonds is 8. The van der Waals surface area contributed by atoms with Gasteiger partial charge in [0.1, 0.15) is 0 Å². The number of nitrogens with two attached hydrogens (primary N) is 2. The van der Waals surface area contributed by atoms with Crippen LogP contribution in [0.3, 0.4) is 0 Å². The van der Waals surface area contributed by atoms with Crippen molar-refractivity contribution in [1.82, 2.24) is 10.9 Å². The Kier molecular flexibility index (Phi) is 17.5. The van der Waals surface area contributed by atoms with Gasteiger partial charge < -0.3 is 10.2 Å². The molecule has 0 radical (unpaired) electrons. The smallest absolute Gasteiger partial charge is 0.335 e. The van der Waals surface area contributed by atoms with E-state index in [1.54, 1.807) is 0 Å². The van der Waals surface area contributed by atoms with Crippen molar-refractivity contribution in [2.24, 2.45) is 11.7 Å². The SMILES string of the molecule is CCCCNN.CCCCNN.O=C(O)c1ccc(C(=O)O)cc1. The van der Waals surface area contributed by atoms with Crippen LogP contribution in [-0.2, 0) is 0 Å². The van der Waals surface area contributed by atoms with Crippen molar-refractivity contribution in [3.05, 3.63) is 35.4 Å². The highest BCUT2D eigenvalue weighted by atomic mass is 16.4. The number of benzene rings is 1. The Balaban J connectivity index is 0. The van der Waals surface area contributed by atoms with Gasteiger partial charge >= 0.3 is 11.9 Å². The Morgan fingerprint density at radius 1 is 0.833 bits per heavy atom. The van der Waals surface area contributed by atoms with Crippen LogP contribution in [0.2, 0.25) is 0 Å². The van der Waals surface area contributed by atoms with Crippen LogP contribution in [0.5, 0.6) is 0 Å². The standard InChI is InChI=1S/C8H6O4.2C4H12N2/c9-7(10)5-1-2-6(4-3-5)8(11)12;2*1-2-3-4-6-5/h1-4H,(H,9,10)(H,11,12);2*6H,2-5H2,1H3. The Bertz CT molecular complexity index is 389. The summed E-state index contributed by atoms with van der Waals surface area (Å²) in [5.41, 5.74) is 5.30. The van der Waals surface area contributed by atoms with Crippen LogP contribution >= 0.6 is 0 Å². The maximum Gasteiger partial charge on any atom is 0.335 e.